The minimum absolute atomic E-state index is 0.0872. The SMILES string of the molecule is COc1cc(C)c(C(C)NC(=O)CN2C(=O)c3cccc([N+](=O)[O-])c3C2=O)cc1OC. The van der Waals surface area contributed by atoms with Crippen molar-refractivity contribution in [1.82, 2.24) is 10.2 Å². The zero-order valence-electron chi connectivity index (χ0n) is 17.4. The number of aryl methyl sites for hydroxylation is 1. The van der Waals surface area contributed by atoms with E-state index in [1.807, 2.05) is 6.92 Å². The number of nitrogens with zero attached hydrogens (tertiary/aromatic N) is 2. The van der Waals surface area contributed by atoms with Crippen LogP contribution in [0.1, 0.15) is 44.8 Å². The molecule has 0 fully saturated rings. The third-order valence-electron chi connectivity index (χ3n) is 5.09. The average Bonchev–Trinajstić information content (AvgIpc) is 2.98. The minimum Gasteiger partial charge on any atom is -0.493 e. The van der Waals surface area contributed by atoms with E-state index >= 15 is 0 Å². The Hall–Kier alpha value is -3.95. The summed E-state index contributed by atoms with van der Waals surface area (Å²) in [5.74, 6) is -1.14. The van der Waals surface area contributed by atoms with Crippen molar-refractivity contribution in [2.45, 2.75) is 19.9 Å². The van der Waals surface area contributed by atoms with Gasteiger partial charge in [0, 0.05) is 6.07 Å². The van der Waals surface area contributed by atoms with E-state index in [0.717, 1.165) is 17.2 Å². The second-order valence-corrected chi connectivity index (χ2v) is 7.01. The van der Waals surface area contributed by atoms with Crippen molar-refractivity contribution in [2.24, 2.45) is 0 Å². The van der Waals surface area contributed by atoms with Crippen LogP contribution in [0.3, 0.4) is 0 Å². The molecule has 162 valence electrons. The molecule has 10 nitrogen and oxygen atoms in total. The monoisotopic (exact) mass is 427 g/mol. The molecular formula is C21H21N3O7. The number of nitrogens with one attached hydrogen (secondary N) is 1. The Kier molecular flexibility index (Phi) is 5.91. The van der Waals surface area contributed by atoms with Crippen molar-refractivity contribution in [3.05, 3.63) is 62.7 Å². The van der Waals surface area contributed by atoms with Gasteiger partial charge in [0.25, 0.3) is 17.5 Å². The van der Waals surface area contributed by atoms with Gasteiger partial charge in [-0.2, -0.15) is 0 Å². The van der Waals surface area contributed by atoms with Crippen LogP contribution in [0.15, 0.2) is 30.3 Å². The van der Waals surface area contributed by atoms with Crippen LogP contribution in [0.2, 0.25) is 0 Å². The van der Waals surface area contributed by atoms with Gasteiger partial charge in [0.05, 0.1) is 30.7 Å². The van der Waals surface area contributed by atoms with Gasteiger partial charge >= 0.3 is 0 Å². The molecule has 1 heterocycles. The van der Waals surface area contributed by atoms with E-state index in [9.17, 15) is 24.5 Å². The largest absolute Gasteiger partial charge is 0.493 e. The van der Waals surface area contributed by atoms with E-state index in [-0.39, 0.29) is 11.1 Å². The van der Waals surface area contributed by atoms with Crippen molar-refractivity contribution >= 4 is 23.4 Å². The quantitative estimate of drug-likeness (QED) is 0.408. The number of hydrogen-bond acceptors (Lipinski definition) is 7. The summed E-state index contributed by atoms with van der Waals surface area (Å²) in [6.07, 6.45) is 0. The molecule has 0 aromatic heterocycles. The number of rotatable bonds is 7. The molecule has 0 radical (unpaired) electrons. The van der Waals surface area contributed by atoms with E-state index in [1.165, 1.54) is 26.4 Å². The third kappa shape index (κ3) is 3.91. The van der Waals surface area contributed by atoms with Gasteiger partial charge in [-0.15, -0.1) is 0 Å². The number of fused-ring (bicyclic) bond motifs is 1. The predicted octanol–water partition coefficient (Wildman–Crippen LogP) is 2.39. The van der Waals surface area contributed by atoms with E-state index in [2.05, 4.69) is 5.32 Å². The first kappa shape index (κ1) is 21.8. The molecule has 1 aliphatic rings. The summed E-state index contributed by atoms with van der Waals surface area (Å²) in [4.78, 5) is 48.9. The molecule has 3 amide bonds. The summed E-state index contributed by atoms with van der Waals surface area (Å²) in [6, 6.07) is 6.86. The standard InChI is InChI=1S/C21H21N3O7/c1-11-8-16(30-3)17(31-4)9-14(11)12(2)22-18(25)10-23-20(26)13-6-5-7-15(24(28)29)19(13)21(23)27/h5-9,12H,10H2,1-4H3,(H,22,25). The van der Waals surface area contributed by atoms with Gasteiger partial charge in [0.2, 0.25) is 5.91 Å². The van der Waals surface area contributed by atoms with Crippen molar-refractivity contribution in [3.63, 3.8) is 0 Å². The Morgan fingerprint density at radius 2 is 1.81 bits per heavy atom. The Balaban J connectivity index is 1.77. The van der Waals surface area contributed by atoms with Gasteiger partial charge in [-0.25, -0.2) is 0 Å². The number of amides is 3. The summed E-state index contributed by atoms with van der Waals surface area (Å²) in [7, 11) is 3.02. The smallest absolute Gasteiger partial charge is 0.282 e. The molecule has 0 aliphatic carbocycles. The fourth-order valence-electron chi connectivity index (χ4n) is 3.58. The molecule has 1 atom stereocenters. The first-order valence-corrected chi connectivity index (χ1v) is 9.35. The van der Waals surface area contributed by atoms with Crippen LogP contribution < -0.4 is 14.8 Å². The molecule has 2 aromatic carbocycles. The number of imide groups is 1. The number of ether oxygens (including phenoxy) is 2. The maximum Gasteiger partial charge on any atom is 0.282 e. The number of nitro benzene ring substituents is 1. The second-order valence-electron chi connectivity index (χ2n) is 7.01. The third-order valence-corrected chi connectivity index (χ3v) is 5.09. The topological polar surface area (TPSA) is 128 Å². The van der Waals surface area contributed by atoms with Crippen LogP contribution in [0, 0.1) is 17.0 Å². The number of carbonyl (C=O) groups excluding carboxylic acids is 3. The summed E-state index contributed by atoms with van der Waals surface area (Å²) in [5.41, 5.74) is 0.767. The van der Waals surface area contributed by atoms with E-state index in [0.29, 0.717) is 16.4 Å². The Morgan fingerprint density at radius 1 is 1.16 bits per heavy atom. The molecule has 1 unspecified atom stereocenters. The van der Waals surface area contributed by atoms with Gasteiger partial charge < -0.3 is 14.8 Å². The Bertz CT molecular complexity index is 1100. The lowest BCUT2D eigenvalue weighted by molar-refractivity contribution is -0.385. The molecule has 1 N–H and O–H groups in total. The molecule has 0 spiro atoms. The highest BCUT2D eigenvalue weighted by Gasteiger charge is 2.41. The number of hydrogen-bond donors (Lipinski definition) is 1. The lowest BCUT2D eigenvalue weighted by Gasteiger charge is -2.20. The van der Waals surface area contributed by atoms with E-state index < -0.39 is 40.9 Å². The summed E-state index contributed by atoms with van der Waals surface area (Å²) < 4.78 is 10.6. The first-order valence-electron chi connectivity index (χ1n) is 9.35. The lowest BCUT2D eigenvalue weighted by atomic mass is 10.0. The summed E-state index contributed by atoms with van der Waals surface area (Å²) >= 11 is 0. The number of benzene rings is 2. The molecule has 0 bridgehead atoms. The maximum atomic E-state index is 12.6. The van der Waals surface area contributed by atoms with Crippen LogP contribution in [-0.2, 0) is 4.79 Å². The zero-order chi connectivity index (χ0) is 22.9. The average molecular weight is 427 g/mol. The van der Waals surface area contributed by atoms with Crippen LogP contribution in [0.5, 0.6) is 11.5 Å². The molecule has 10 heteroatoms. The van der Waals surface area contributed by atoms with E-state index in [4.69, 9.17) is 9.47 Å². The van der Waals surface area contributed by atoms with Crippen molar-refractivity contribution in [1.29, 1.82) is 0 Å². The molecule has 3 rings (SSSR count). The molecular weight excluding hydrogens is 406 g/mol. The molecule has 0 saturated heterocycles. The second kappa shape index (κ2) is 8.42. The molecule has 0 saturated carbocycles. The van der Waals surface area contributed by atoms with Crippen LogP contribution in [-0.4, -0.2) is 48.3 Å². The van der Waals surface area contributed by atoms with E-state index in [1.54, 1.807) is 19.1 Å². The Morgan fingerprint density at radius 3 is 2.42 bits per heavy atom. The van der Waals surface area contributed by atoms with Crippen molar-refractivity contribution in [2.75, 3.05) is 20.8 Å². The zero-order valence-corrected chi connectivity index (χ0v) is 17.4. The van der Waals surface area contributed by atoms with Crippen LogP contribution >= 0.6 is 0 Å². The highest BCUT2D eigenvalue weighted by Crippen LogP contribution is 2.33. The minimum atomic E-state index is -0.864. The van der Waals surface area contributed by atoms with Gasteiger partial charge in [-0.3, -0.25) is 29.4 Å². The highest BCUT2D eigenvalue weighted by molar-refractivity contribution is 6.24. The van der Waals surface area contributed by atoms with Gasteiger partial charge in [-0.05, 0) is 43.2 Å². The first-order chi connectivity index (χ1) is 14.7. The number of carbonyl (C=O) groups is 3. The maximum absolute atomic E-state index is 12.6. The summed E-state index contributed by atoms with van der Waals surface area (Å²) in [5, 5.41) is 13.9. The Labute approximate surface area is 177 Å². The van der Waals surface area contributed by atoms with Crippen molar-refractivity contribution in [3.8, 4) is 11.5 Å². The normalized spacial score (nSPS) is 13.6. The van der Waals surface area contributed by atoms with Crippen LogP contribution in [0.4, 0.5) is 5.69 Å². The van der Waals surface area contributed by atoms with Crippen LogP contribution in [0.25, 0.3) is 0 Å². The van der Waals surface area contributed by atoms with Gasteiger partial charge in [0.1, 0.15) is 12.1 Å². The van der Waals surface area contributed by atoms with Gasteiger partial charge in [-0.1, -0.05) is 6.07 Å². The fraction of sp³-hybridized carbons (Fsp3) is 0.286. The molecule has 1 aliphatic heterocycles. The fourth-order valence-corrected chi connectivity index (χ4v) is 3.58. The van der Waals surface area contributed by atoms with Gasteiger partial charge in [0.15, 0.2) is 11.5 Å². The lowest BCUT2D eigenvalue weighted by Crippen LogP contribution is -2.41. The van der Waals surface area contributed by atoms with Crippen molar-refractivity contribution < 1.29 is 28.8 Å². The number of nitro groups is 1. The molecule has 2 aromatic rings. The highest BCUT2D eigenvalue weighted by atomic mass is 16.6. The molecule has 31 heavy (non-hydrogen) atoms. The summed E-state index contributed by atoms with van der Waals surface area (Å²) in [6.45, 7) is 3.04. The number of methoxy groups -OCH3 is 2. The predicted molar refractivity (Wildman–Crippen MR) is 109 cm³/mol.